The molecule has 3 aromatic rings. The summed E-state index contributed by atoms with van der Waals surface area (Å²) in [6, 6.07) is 8.19. The standard InChI is InChI=1S/C12H8N4O2/c17-16(18)10-4-1-3-9(7-10)11-8-15-6-2-5-13-12(15)14-11/h1-8H. The van der Waals surface area contributed by atoms with Crippen molar-refractivity contribution < 1.29 is 4.92 Å². The van der Waals surface area contributed by atoms with E-state index in [2.05, 4.69) is 9.97 Å². The van der Waals surface area contributed by atoms with Crippen LogP contribution in [0, 0.1) is 10.1 Å². The summed E-state index contributed by atoms with van der Waals surface area (Å²) >= 11 is 0. The first-order valence-electron chi connectivity index (χ1n) is 5.28. The number of non-ortho nitro benzene ring substituents is 1. The third-order valence-electron chi connectivity index (χ3n) is 2.59. The van der Waals surface area contributed by atoms with Crippen LogP contribution in [0.25, 0.3) is 17.0 Å². The molecule has 0 aliphatic rings. The van der Waals surface area contributed by atoms with Crippen LogP contribution < -0.4 is 0 Å². The lowest BCUT2D eigenvalue weighted by Crippen LogP contribution is -1.87. The fraction of sp³-hybridized carbons (Fsp3) is 0. The van der Waals surface area contributed by atoms with Crippen molar-refractivity contribution in [2.75, 3.05) is 0 Å². The SMILES string of the molecule is O=[N+]([O-])c1cccc(-c2cn3cccnc3n2)c1. The molecule has 0 fully saturated rings. The van der Waals surface area contributed by atoms with Crippen molar-refractivity contribution in [3.63, 3.8) is 0 Å². The predicted molar refractivity (Wildman–Crippen MR) is 65.1 cm³/mol. The molecule has 0 N–H and O–H groups in total. The summed E-state index contributed by atoms with van der Waals surface area (Å²) in [4.78, 5) is 18.7. The highest BCUT2D eigenvalue weighted by Gasteiger charge is 2.09. The zero-order chi connectivity index (χ0) is 12.5. The molecule has 0 saturated heterocycles. The average molecular weight is 240 g/mol. The number of fused-ring (bicyclic) bond motifs is 1. The molecule has 88 valence electrons. The van der Waals surface area contributed by atoms with Crippen LogP contribution in [0.2, 0.25) is 0 Å². The molecule has 2 aromatic heterocycles. The van der Waals surface area contributed by atoms with Crippen molar-refractivity contribution in [1.82, 2.24) is 14.4 Å². The van der Waals surface area contributed by atoms with Crippen LogP contribution in [0.1, 0.15) is 0 Å². The summed E-state index contributed by atoms with van der Waals surface area (Å²) in [6.45, 7) is 0. The minimum Gasteiger partial charge on any atom is -0.291 e. The Morgan fingerprint density at radius 3 is 2.94 bits per heavy atom. The van der Waals surface area contributed by atoms with Crippen molar-refractivity contribution in [2.24, 2.45) is 0 Å². The number of hydrogen-bond donors (Lipinski definition) is 0. The van der Waals surface area contributed by atoms with E-state index >= 15 is 0 Å². The first kappa shape index (κ1) is 10.4. The van der Waals surface area contributed by atoms with E-state index in [0.29, 0.717) is 17.0 Å². The van der Waals surface area contributed by atoms with Crippen molar-refractivity contribution in [1.29, 1.82) is 0 Å². The van der Waals surface area contributed by atoms with Crippen LogP contribution in [0.5, 0.6) is 0 Å². The molecule has 1 aromatic carbocycles. The number of nitrogens with zero attached hydrogens (tertiary/aromatic N) is 4. The Morgan fingerprint density at radius 2 is 2.17 bits per heavy atom. The van der Waals surface area contributed by atoms with Gasteiger partial charge in [0.15, 0.2) is 0 Å². The largest absolute Gasteiger partial charge is 0.291 e. The summed E-state index contributed by atoms with van der Waals surface area (Å²) in [6.07, 6.45) is 5.27. The lowest BCUT2D eigenvalue weighted by molar-refractivity contribution is -0.384. The quantitative estimate of drug-likeness (QED) is 0.509. The molecule has 0 aliphatic heterocycles. The van der Waals surface area contributed by atoms with Crippen LogP contribution in [0.4, 0.5) is 5.69 Å². The van der Waals surface area contributed by atoms with Crippen molar-refractivity contribution >= 4 is 11.5 Å². The van der Waals surface area contributed by atoms with Crippen molar-refractivity contribution in [3.8, 4) is 11.3 Å². The second kappa shape index (κ2) is 3.92. The first-order chi connectivity index (χ1) is 8.74. The molecule has 3 rings (SSSR count). The molecule has 0 radical (unpaired) electrons. The minimum absolute atomic E-state index is 0.0533. The Hall–Kier alpha value is -2.76. The molecular formula is C12H8N4O2. The molecule has 6 nitrogen and oxygen atoms in total. The summed E-state index contributed by atoms with van der Waals surface area (Å²) in [5.74, 6) is 0.569. The number of nitro benzene ring substituents is 1. The van der Waals surface area contributed by atoms with E-state index < -0.39 is 4.92 Å². The van der Waals surface area contributed by atoms with Gasteiger partial charge in [0.2, 0.25) is 5.78 Å². The lowest BCUT2D eigenvalue weighted by Gasteiger charge is -1.95. The molecule has 0 spiro atoms. The third kappa shape index (κ3) is 1.69. The van der Waals surface area contributed by atoms with Crippen LogP contribution in [0.3, 0.4) is 0 Å². The van der Waals surface area contributed by atoms with Gasteiger partial charge in [0.05, 0.1) is 10.6 Å². The van der Waals surface area contributed by atoms with Gasteiger partial charge in [-0.15, -0.1) is 0 Å². The maximum atomic E-state index is 10.7. The molecule has 0 unspecified atom stereocenters. The lowest BCUT2D eigenvalue weighted by atomic mass is 10.1. The zero-order valence-corrected chi connectivity index (χ0v) is 9.22. The van der Waals surface area contributed by atoms with Gasteiger partial charge in [-0.2, -0.15) is 0 Å². The Morgan fingerprint density at radius 1 is 1.28 bits per heavy atom. The van der Waals surface area contributed by atoms with E-state index in [4.69, 9.17) is 0 Å². The number of hydrogen-bond acceptors (Lipinski definition) is 4. The van der Waals surface area contributed by atoms with E-state index in [1.54, 1.807) is 35.0 Å². The molecule has 0 aliphatic carbocycles. The molecule has 0 saturated carbocycles. The third-order valence-corrected chi connectivity index (χ3v) is 2.59. The van der Waals surface area contributed by atoms with Gasteiger partial charge in [0.1, 0.15) is 0 Å². The number of imidazole rings is 1. The molecular weight excluding hydrogens is 232 g/mol. The Kier molecular flexibility index (Phi) is 2.26. The van der Waals surface area contributed by atoms with Crippen LogP contribution in [-0.2, 0) is 0 Å². The van der Waals surface area contributed by atoms with Gasteiger partial charge in [0, 0.05) is 36.3 Å². The number of nitro groups is 1. The smallest absolute Gasteiger partial charge is 0.270 e. The maximum Gasteiger partial charge on any atom is 0.270 e. The van der Waals surface area contributed by atoms with E-state index in [1.807, 2.05) is 6.20 Å². The Labute approximate surface area is 102 Å². The second-order valence-corrected chi connectivity index (χ2v) is 3.76. The van der Waals surface area contributed by atoms with E-state index in [9.17, 15) is 10.1 Å². The molecule has 18 heavy (non-hydrogen) atoms. The highest BCUT2D eigenvalue weighted by Crippen LogP contribution is 2.22. The van der Waals surface area contributed by atoms with Crippen LogP contribution in [-0.4, -0.2) is 19.3 Å². The first-order valence-corrected chi connectivity index (χ1v) is 5.28. The Balaban J connectivity index is 2.13. The topological polar surface area (TPSA) is 73.3 Å². The van der Waals surface area contributed by atoms with Gasteiger partial charge < -0.3 is 0 Å². The van der Waals surface area contributed by atoms with Gasteiger partial charge in [-0.05, 0) is 6.07 Å². The molecule has 0 atom stereocenters. The average Bonchev–Trinajstić information content (AvgIpc) is 2.82. The summed E-state index contributed by atoms with van der Waals surface area (Å²) in [7, 11) is 0. The van der Waals surface area contributed by atoms with Gasteiger partial charge >= 0.3 is 0 Å². The highest BCUT2D eigenvalue weighted by atomic mass is 16.6. The van der Waals surface area contributed by atoms with Crippen LogP contribution in [0.15, 0.2) is 48.9 Å². The van der Waals surface area contributed by atoms with Gasteiger partial charge in [-0.3, -0.25) is 14.5 Å². The fourth-order valence-electron chi connectivity index (χ4n) is 1.75. The van der Waals surface area contributed by atoms with E-state index in [1.165, 1.54) is 12.1 Å². The predicted octanol–water partition coefficient (Wildman–Crippen LogP) is 2.30. The van der Waals surface area contributed by atoms with E-state index in [-0.39, 0.29) is 5.69 Å². The number of benzene rings is 1. The van der Waals surface area contributed by atoms with Crippen molar-refractivity contribution in [2.45, 2.75) is 0 Å². The second-order valence-electron chi connectivity index (χ2n) is 3.76. The molecule has 0 amide bonds. The maximum absolute atomic E-state index is 10.7. The van der Waals surface area contributed by atoms with Gasteiger partial charge in [-0.25, -0.2) is 9.97 Å². The minimum atomic E-state index is -0.419. The summed E-state index contributed by atoms with van der Waals surface area (Å²) in [5.41, 5.74) is 1.42. The van der Waals surface area contributed by atoms with Gasteiger partial charge in [0.25, 0.3) is 5.69 Å². The molecule has 2 heterocycles. The number of rotatable bonds is 2. The Bertz CT molecular complexity index is 703. The van der Waals surface area contributed by atoms with Crippen LogP contribution >= 0.6 is 0 Å². The fourth-order valence-corrected chi connectivity index (χ4v) is 1.75. The molecule has 0 bridgehead atoms. The van der Waals surface area contributed by atoms with E-state index in [0.717, 1.165) is 0 Å². The molecule has 6 heteroatoms. The zero-order valence-electron chi connectivity index (χ0n) is 9.22. The monoisotopic (exact) mass is 240 g/mol. The normalized spacial score (nSPS) is 10.7. The number of aromatic nitrogens is 3. The van der Waals surface area contributed by atoms with Crippen molar-refractivity contribution in [3.05, 3.63) is 59.0 Å². The summed E-state index contributed by atoms with van der Waals surface area (Å²) in [5, 5.41) is 10.7. The van der Waals surface area contributed by atoms with Gasteiger partial charge in [-0.1, -0.05) is 12.1 Å². The summed E-state index contributed by atoms with van der Waals surface area (Å²) < 4.78 is 1.77. The highest BCUT2D eigenvalue weighted by molar-refractivity contribution is 5.64.